The number of nitrogens with zero attached hydrogens (tertiary/aromatic N) is 1. The Morgan fingerprint density at radius 3 is 2.05 bits per heavy atom. The summed E-state index contributed by atoms with van der Waals surface area (Å²) in [5.41, 5.74) is 0.0173. The van der Waals surface area contributed by atoms with Crippen LogP contribution in [0.2, 0.25) is 18.1 Å². The molecule has 0 spiro atoms. The maximum absolute atomic E-state index is 13.2. The number of carbonyl (C=O) groups excluding carboxylic acids is 3. The first kappa shape index (κ1) is 34.7. The van der Waals surface area contributed by atoms with Crippen LogP contribution in [0.4, 0.5) is 4.79 Å². The van der Waals surface area contributed by atoms with Crippen LogP contribution in [0.25, 0.3) is 0 Å². The molecule has 3 amide bonds. The van der Waals surface area contributed by atoms with Gasteiger partial charge in [-0.1, -0.05) is 26.8 Å². The summed E-state index contributed by atoms with van der Waals surface area (Å²) in [4.78, 5) is 51.2. The topological polar surface area (TPSA) is 134 Å². The first-order chi connectivity index (χ1) is 17.6. The molecule has 39 heavy (non-hydrogen) atoms. The summed E-state index contributed by atoms with van der Waals surface area (Å²) in [5.74, 6) is -1.60. The zero-order valence-corrected chi connectivity index (χ0v) is 28.1. The van der Waals surface area contributed by atoms with Crippen LogP contribution in [-0.4, -0.2) is 73.0 Å². The molecule has 220 valence electrons. The van der Waals surface area contributed by atoms with E-state index in [1.54, 1.807) is 20.8 Å². The molecule has 12 heteroatoms. The molecule has 0 heterocycles. The highest BCUT2D eigenvalue weighted by Crippen LogP contribution is 2.38. The van der Waals surface area contributed by atoms with Gasteiger partial charge in [-0.15, -0.1) is 0 Å². The number of hydrogen-bond donors (Lipinski definition) is 3. The second kappa shape index (κ2) is 13.3. The molecule has 0 fully saturated rings. The molecule has 0 unspecified atom stereocenters. The molecule has 1 rings (SSSR count). The molecule has 3 N–H and O–H groups in total. The number of alkyl carbamates (subject to hydrolysis) is 1. The first-order valence-corrected chi connectivity index (χ1v) is 16.8. The summed E-state index contributed by atoms with van der Waals surface area (Å²) in [6.45, 7) is 18.8. The summed E-state index contributed by atoms with van der Waals surface area (Å²) in [6.07, 6.45) is -0.639. The average molecular weight is 678 g/mol. The van der Waals surface area contributed by atoms with Crippen molar-refractivity contribution in [3.8, 4) is 5.75 Å². The highest BCUT2D eigenvalue weighted by atomic mass is 127. The Kier molecular flexibility index (Phi) is 11.9. The van der Waals surface area contributed by atoms with Crippen molar-refractivity contribution in [2.45, 2.75) is 104 Å². The van der Waals surface area contributed by atoms with E-state index in [4.69, 9.17) is 9.16 Å². The smallest absolute Gasteiger partial charge is 0.408 e. The van der Waals surface area contributed by atoms with E-state index in [0.29, 0.717) is 0 Å². The highest BCUT2D eigenvalue weighted by Gasteiger charge is 2.39. The third-order valence-corrected chi connectivity index (χ3v) is 11.7. The molecule has 0 aliphatic rings. The Labute approximate surface area is 246 Å². The summed E-state index contributed by atoms with van der Waals surface area (Å²) >= 11 is 2.19. The number of rotatable bonds is 10. The van der Waals surface area contributed by atoms with Crippen LogP contribution in [0.5, 0.6) is 5.75 Å². The summed E-state index contributed by atoms with van der Waals surface area (Å²) in [6, 6.07) is 2.42. The lowest BCUT2D eigenvalue weighted by molar-refractivity contribution is -0.144. The van der Waals surface area contributed by atoms with Crippen molar-refractivity contribution in [2.24, 2.45) is 0 Å². The number of aliphatic carboxylic acids is 1. The van der Waals surface area contributed by atoms with E-state index < -0.39 is 55.9 Å². The number of ether oxygens (including phenoxy) is 1. The minimum absolute atomic E-state index is 0.0197. The molecule has 0 radical (unpaired) electrons. The number of halogens is 1. The SMILES string of the molecule is C[C@H](NC(=O)[C@@H](Cc1ccc(O[Si](C)(C)C(C)(C)C)c(I)c1)N(C)C(=O)[C@H](C)NC(=O)OC(C)(C)C)C(=O)O. The Hall–Kier alpha value is -2.35. The van der Waals surface area contributed by atoms with E-state index in [2.05, 4.69) is 67.1 Å². The molecular formula is C27H44IN3O7Si. The Morgan fingerprint density at radius 1 is 1.03 bits per heavy atom. The van der Waals surface area contributed by atoms with Gasteiger partial charge in [0.05, 0.1) is 3.57 Å². The number of nitrogens with one attached hydrogen (secondary N) is 2. The van der Waals surface area contributed by atoms with Crippen molar-refractivity contribution in [3.63, 3.8) is 0 Å². The van der Waals surface area contributed by atoms with Crippen LogP contribution in [0, 0.1) is 3.57 Å². The quantitative estimate of drug-likeness (QED) is 0.245. The molecule has 3 atom stereocenters. The first-order valence-electron chi connectivity index (χ1n) is 12.8. The van der Waals surface area contributed by atoms with E-state index in [0.717, 1.165) is 14.9 Å². The van der Waals surface area contributed by atoms with Crippen molar-refractivity contribution < 1.29 is 33.4 Å². The average Bonchev–Trinajstić information content (AvgIpc) is 2.75. The Balaban J connectivity index is 3.23. The van der Waals surface area contributed by atoms with Gasteiger partial charge in [0.1, 0.15) is 29.5 Å². The van der Waals surface area contributed by atoms with Crippen molar-refractivity contribution in [3.05, 3.63) is 27.3 Å². The minimum atomic E-state index is -2.07. The third-order valence-electron chi connectivity index (χ3n) is 6.55. The fourth-order valence-electron chi connectivity index (χ4n) is 3.19. The molecule has 0 aliphatic carbocycles. The van der Waals surface area contributed by atoms with Gasteiger partial charge in [0.2, 0.25) is 11.8 Å². The van der Waals surface area contributed by atoms with Gasteiger partial charge in [-0.3, -0.25) is 14.4 Å². The van der Waals surface area contributed by atoms with Gasteiger partial charge >= 0.3 is 12.1 Å². The predicted molar refractivity (Wildman–Crippen MR) is 161 cm³/mol. The van der Waals surface area contributed by atoms with Gasteiger partial charge in [-0.2, -0.15) is 0 Å². The van der Waals surface area contributed by atoms with Crippen molar-refractivity contribution in [2.75, 3.05) is 7.05 Å². The van der Waals surface area contributed by atoms with E-state index in [1.165, 1.54) is 25.8 Å². The molecule has 0 saturated carbocycles. The number of amides is 3. The Bertz CT molecular complexity index is 1070. The van der Waals surface area contributed by atoms with Crippen molar-refractivity contribution in [1.82, 2.24) is 15.5 Å². The maximum atomic E-state index is 13.2. The van der Waals surface area contributed by atoms with Crippen LogP contribution < -0.4 is 15.1 Å². The summed E-state index contributed by atoms with van der Waals surface area (Å²) in [5, 5.41) is 14.2. The maximum Gasteiger partial charge on any atom is 0.408 e. The number of carboxylic acids is 1. The normalized spacial score (nSPS) is 14.5. The fraction of sp³-hybridized carbons (Fsp3) is 0.630. The zero-order valence-electron chi connectivity index (χ0n) is 24.9. The molecular weight excluding hydrogens is 633 g/mol. The molecule has 1 aromatic carbocycles. The van der Waals surface area contributed by atoms with Gasteiger partial charge < -0.3 is 29.8 Å². The van der Waals surface area contributed by atoms with E-state index in [1.807, 2.05) is 18.2 Å². The van der Waals surface area contributed by atoms with Crippen molar-refractivity contribution in [1.29, 1.82) is 0 Å². The number of carboxylic acid groups (broad SMARTS) is 1. The van der Waals surface area contributed by atoms with E-state index in [-0.39, 0.29) is 11.5 Å². The lowest BCUT2D eigenvalue weighted by atomic mass is 10.0. The van der Waals surface area contributed by atoms with Gasteiger partial charge in [0, 0.05) is 13.5 Å². The van der Waals surface area contributed by atoms with Gasteiger partial charge in [-0.05, 0) is 93.0 Å². The van der Waals surface area contributed by atoms with Crippen LogP contribution in [-0.2, 0) is 25.5 Å². The van der Waals surface area contributed by atoms with Crippen LogP contribution >= 0.6 is 22.6 Å². The predicted octanol–water partition coefficient (Wildman–Crippen LogP) is 4.55. The summed E-state index contributed by atoms with van der Waals surface area (Å²) in [7, 11) is -0.620. The lowest BCUT2D eigenvalue weighted by Gasteiger charge is -2.36. The number of benzene rings is 1. The second-order valence-corrected chi connectivity index (χ2v) is 18.1. The molecule has 0 saturated heterocycles. The largest absolute Gasteiger partial charge is 0.543 e. The standard InChI is InChI=1S/C27H44IN3O7Si/c1-16(30-25(36)37-26(3,4)5)23(33)31(9)20(22(32)29-17(2)24(34)35)15-18-12-13-21(19(28)14-18)38-39(10,11)27(6,7)8/h12-14,16-17,20H,15H2,1-11H3,(H,29,32)(H,30,36)(H,34,35)/t16-,17-,20+/m0/s1. The van der Waals surface area contributed by atoms with Crippen LogP contribution in [0.1, 0.15) is 61.0 Å². The van der Waals surface area contributed by atoms with Gasteiger partial charge in [0.25, 0.3) is 8.32 Å². The molecule has 0 aromatic heterocycles. The lowest BCUT2D eigenvalue weighted by Crippen LogP contribution is -2.56. The molecule has 10 nitrogen and oxygen atoms in total. The van der Waals surface area contributed by atoms with Crippen molar-refractivity contribution >= 4 is 54.8 Å². The molecule has 1 aromatic rings. The van der Waals surface area contributed by atoms with E-state index >= 15 is 0 Å². The fourth-order valence-corrected chi connectivity index (χ4v) is 5.12. The number of hydrogen-bond acceptors (Lipinski definition) is 6. The van der Waals surface area contributed by atoms with E-state index in [9.17, 15) is 24.3 Å². The zero-order chi connectivity index (χ0) is 30.5. The van der Waals surface area contributed by atoms with Gasteiger partial charge in [0.15, 0.2) is 0 Å². The number of likely N-dealkylation sites (N-methyl/N-ethyl adjacent to an activating group) is 1. The third kappa shape index (κ3) is 10.6. The van der Waals surface area contributed by atoms with Crippen LogP contribution in [0.15, 0.2) is 18.2 Å². The minimum Gasteiger partial charge on any atom is -0.543 e. The Morgan fingerprint density at radius 2 is 1.59 bits per heavy atom. The second-order valence-electron chi connectivity index (χ2n) is 12.2. The van der Waals surface area contributed by atoms with Gasteiger partial charge in [-0.25, -0.2) is 4.79 Å². The monoisotopic (exact) mass is 677 g/mol. The molecule has 0 bridgehead atoms. The molecule has 0 aliphatic heterocycles. The number of carbonyl (C=O) groups is 4. The summed E-state index contributed by atoms with van der Waals surface area (Å²) < 4.78 is 12.5. The van der Waals surface area contributed by atoms with Crippen LogP contribution in [0.3, 0.4) is 0 Å². The highest BCUT2D eigenvalue weighted by molar-refractivity contribution is 14.1.